The second-order valence-corrected chi connectivity index (χ2v) is 3.56. The van der Waals surface area contributed by atoms with Crippen LogP contribution in [0.4, 0.5) is 0 Å². The first kappa shape index (κ1) is 8.02. The quantitative estimate of drug-likeness (QED) is 0.564. The van der Waals surface area contributed by atoms with Crippen molar-refractivity contribution in [2.24, 2.45) is 23.5 Å². The average molecular weight is 143 g/mol. The first-order valence-electron chi connectivity index (χ1n) is 4.05. The van der Waals surface area contributed by atoms with Gasteiger partial charge in [0, 0.05) is 0 Å². The molecule has 0 amide bonds. The Balaban J connectivity index is 2.53. The summed E-state index contributed by atoms with van der Waals surface area (Å²) in [6.45, 7) is 4.92. The van der Waals surface area contributed by atoms with Crippen molar-refractivity contribution in [2.45, 2.75) is 26.4 Å². The van der Waals surface area contributed by atoms with Crippen LogP contribution in [0.1, 0.15) is 20.3 Å². The molecule has 3 N–H and O–H groups in total. The molecule has 0 radical (unpaired) electrons. The van der Waals surface area contributed by atoms with E-state index in [4.69, 9.17) is 5.73 Å². The van der Waals surface area contributed by atoms with Gasteiger partial charge in [-0.25, -0.2) is 0 Å². The Morgan fingerprint density at radius 1 is 1.50 bits per heavy atom. The van der Waals surface area contributed by atoms with Gasteiger partial charge in [-0.1, -0.05) is 13.8 Å². The van der Waals surface area contributed by atoms with Crippen molar-refractivity contribution in [2.75, 3.05) is 6.54 Å². The highest BCUT2D eigenvalue weighted by atomic mass is 16.3. The summed E-state index contributed by atoms with van der Waals surface area (Å²) < 4.78 is 0. The zero-order valence-corrected chi connectivity index (χ0v) is 6.75. The first-order chi connectivity index (χ1) is 4.66. The van der Waals surface area contributed by atoms with Gasteiger partial charge in [-0.3, -0.25) is 0 Å². The normalized spacial score (nSPS) is 48.0. The third-order valence-electron chi connectivity index (χ3n) is 2.90. The largest absolute Gasteiger partial charge is 0.393 e. The zero-order chi connectivity index (χ0) is 7.72. The monoisotopic (exact) mass is 143 g/mol. The molecule has 0 aromatic heterocycles. The minimum atomic E-state index is -0.153. The molecule has 60 valence electrons. The van der Waals surface area contributed by atoms with Crippen LogP contribution in [0.5, 0.6) is 0 Å². The van der Waals surface area contributed by atoms with Gasteiger partial charge in [-0.2, -0.15) is 0 Å². The molecule has 2 heteroatoms. The van der Waals surface area contributed by atoms with E-state index >= 15 is 0 Å². The summed E-state index contributed by atoms with van der Waals surface area (Å²) >= 11 is 0. The van der Waals surface area contributed by atoms with Crippen molar-refractivity contribution in [3.05, 3.63) is 0 Å². The minimum Gasteiger partial charge on any atom is -0.393 e. The van der Waals surface area contributed by atoms with Crippen molar-refractivity contribution in [3.8, 4) is 0 Å². The SMILES string of the molecule is CC1CC(CN)C(O)C1C. The van der Waals surface area contributed by atoms with Crippen LogP contribution >= 0.6 is 0 Å². The van der Waals surface area contributed by atoms with Gasteiger partial charge in [0.15, 0.2) is 0 Å². The van der Waals surface area contributed by atoms with E-state index < -0.39 is 0 Å². The number of hydrogen-bond donors (Lipinski definition) is 2. The summed E-state index contributed by atoms with van der Waals surface area (Å²) in [5, 5.41) is 9.55. The van der Waals surface area contributed by atoms with Gasteiger partial charge in [0.25, 0.3) is 0 Å². The van der Waals surface area contributed by atoms with E-state index in [1.807, 2.05) is 0 Å². The van der Waals surface area contributed by atoms with Gasteiger partial charge in [-0.05, 0) is 30.7 Å². The van der Waals surface area contributed by atoms with Crippen LogP contribution in [0.15, 0.2) is 0 Å². The molecule has 1 aliphatic carbocycles. The lowest BCUT2D eigenvalue weighted by Crippen LogP contribution is -2.25. The van der Waals surface area contributed by atoms with Crippen molar-refractivity contribution >= 4 is 0 Å². The molecule has 4 unspecified atom stereocenters. The molecule has 0 aromatic carbocycles. The summed E-state index contributed by atoms with van der Waals surface area (Å²) in [7, 11) is 0. The zero-order valence-electron chi connectivity index (χ0n) is 6.75. The molecule has 2 nitrogen and oxygen atoms in total. The fourth-order valence-corrected chi connectivity index (χ4v) is 1.83. The van der Waals surface area contributed by atoms with Gasteiger partial charge < -0.3 is 10.8 Å². The van der Waals surface area contributed by atoms with Crippen LogP contribution in [0.2, 0.25) is 0 Å². The third-order valence-corrected chi connectivity index (χ3v) is 2.90. The molecule has 0 saturated heterocycles. The van der Waals surface area contributed by atoms with Crippen LogP contribution < -0.4 is 5.73 Å². The van der Waals surface area contributed by atoms with Crippen molar-refractivity contribution in [1.29, 1.82) is 0 Å². The lowest BCUT2D eigenvalue weighted by atomic mass is 9.99. The Labute approximate surface area is 62.4 Å². The number of rotatable bonds is 1. The topological polar surface area (TPSA) is 46.2 Å². The Morgan fingerprint density at radius 2 is 2.10 bits per heavy atom. The number of nitrogens with two attached hydrogens (primary N) is 1. The summed E-state index contributed by atoms with van der Waals surface area (Å²) in [5.41, 5.74) is 5.49. The molecule has 1 fully saturated rings. The highest BCUT2D eigenvalue weighted by Gasteiger charge is 2.35. The number of hydrogen-bond acceptors (Lipinski definition) is 2. The maximum absolute atomic E-state index is 9.55. The fourth-order valence-electron chi connectivity index (χ4n) is 1.83. The highest BCUT2D eigenvalue weighted by molar-refractivity contribution is 4.86. The molecule has 4 atom stereocenters. The number of aliphatic hydroxyl groups excluding tert-OH is 1. The fraction of sp³-hybridized carbons (Fsp3) is 1.00. The molecule has 10 heavy (non-hydrogen) atoms. The average Bonchev–Trinajstić information content (AvgIpc) is 2.17. The van der Waals surface area contributed by atoms with E-state index in [9.17, 15) is 5.11 Å². The van der Waals surface area contributed by atoms with Gasteiger partial charge in [0.1, 0.15) is 0 Å². The molecule has 1 rings (SSSR count). The summed E-state index contributed by atoms with van der Waals surface area (Å²) in [5.74, 6) is 1.43. The summed E-state index contributed by atoms with van der Waals surface area (Å²) in [6, 6.07) is 0. The lowest BCUT2D eigenvalue weighted by Gasteiger charge is -2.14. The molecular formula is C8H17NO. The molecule has 0 bridgehead atoms. The molecule has 1 saturated carbocycles. The third kappa shape index (κ3) is 1.18. The summed E-state index contributed by atoms with van der Waals surface area (Å²) in [6.07, 6.45) is 0.943. The Morgan fingerprint density at radius 3 is 2.30 bits per heavy atom. The maximum atomic E-state index is 9.55. The second-order valence-electron chi connectivity index (χ2n) is 3.56. The van der Waals surface area contributed by atoms with Crippen LogP contribution in [0.25, 0.3) is 0 Å². The van der Waals surface area contributed by atoms with Gasteiger partial charge in [-0.15, -0.1) is 0 Å². The van der Waals surface area contributed by atoms with Crippen LogP contribution in [0, 0.1) is 17.8 Å². The smallest absolute Gasteiger partial charge is 0.0608 e. The van der Waals surface area contributed by atoms with Gasteiger partial charge in [0.05, 0.1) is 6.10 Å². The predicted molar refractivity (Wildman–Crippen MR) is 41.5 cm³/mol. The van der Waals surface area contributed by atoms with Crippen LogP contribution in [0.3, 0.4) is 0 Å². The maximum Gasteiger partial charge on any atom is 0.0608 e. The Bertz CT molecular complexity index is 116. The van der Waals surface area contributed by atoms with Crippen molar-refractivity contribution in [3.63, 3.8) is 0 Å². The van der Waals surface area contributed by atoms with E-state index in [-0.39, 0.29) is 6.10 Å². The van der Waals surface area contributed by atoms with E-state index in [0.29, 0.717) is 24.3 Å². The number of aliphatic hydroxyl groups is 1. The van der Waals surface area contributed by atoms with E-state index in [1.54, 1.807) is 0 Å². The molecule has 0 spiro atoms. The first-order valence-corrected chi connectivity index (χ1v) is 4.05. The highest BCUT2D eigenvalue weighted by Crippen LogP contribution is 2.35. The van der Waals surface area contributed by atoms with Crippen molar-refractivity contribution < 1.29 is 5.11 Å². The van der Waals surface area contributed by atoms with E-state index in [2.05, 4.69) is 13.8 Å². The molecule has 0 aliphatic heterocycles. The van der Waals surface area contributed by atoms with Crippen molar-refractivity contribution in [1.82, 2.24) is 0 Å². The molecule has 1 aliphatic rings. The van der Waals surface area contributed by atoms with E-state index in [1.165, 1.54) is 0 Å². The molecule has 0 aromatic rings. The van der Waals surface area contributed by atoms with Crippen LogP contribution in [-0.2, 0) is 0 Å². The second kappa shape index (κ2) is 2.89. The molecular weight excluding hydrogens is 126 g/mol. The lowest BCUT2D eigenvalue weighted by molar-refractivity contribution is 0.0953. The molecule has 0 heterocycles. The van der Waals surface area contributed by atoms with Gasteiger partial charge in [0.2, 0.25) is 0 Å². The Kier molecular flexibility index (Phi) is 2.32. The predicted octanol–water partition coefficient (Wildman–Crippen LogP) is 0.598. The standard InChI is InChI=1S/C8H17NO/c1-5-3-7(4-9)8(10)6(5)2/h5-8,10H,3-4,9H2,1-2H3. The Hall–Kier alpha value is -0.0800. The summed E-state index contributed by atoms with van der Waals surface area (Å²) in [4.78, 5) is 0. The minimum absolute atomic E-state index is 0.153. The van der Waals surface area contributed by atoms with Gasteiger partial charge >= 0.3 is 0 Å². The van der Waals surface area contributed by atoms with Crippen LogP contribution in [-0.4, -0.2) is 17.8 Å². The van der Waals surface area contributed by atoms with E-state index in [0.717, 1.165) is 6.42 Å².